The first-order valence-electron chi connectivity index (χ1n) is 6.24. The zero-order valence-corrected chi connectivity index (χ0v) is 11.2. The molecule has 0 radical (unpaired) electrons. The Morgan fingerprint density at radius 2 is 2.11 bits per heavy atom. The van der Waals surface area contributed by atoms with Crippen LogP contribution in [0.15, 0.2) is 6.20 Å². The smallest absolute Gasteiger partial charge is 0.343 e. The second-order valence-corrected chi connectivity index (χ2v) is 3.90. The molecule has 0 spiro atoms. The van der Waals surface area contributed by atoms with Crippen molar-refractivity contribution in [2.75, 3.05) is 18.9 Å². The number of carbonyl (C=O) groups excluding carboxylic acids is 2. The van der Waals surface area contributed by atoms with E-state index in [1.54, 1.807) is 6.92 Å². The molecule has 0 aromatic carbocycles. The third-order valence-corrected chi connectivity index (χ3v) is 2.42. The molecule has 0 amide bonds. The van der Waals surface area contributed by atoms with Crippen LogP contribution < -0.4 is 5.73 Å². The van der Waals surface area contributed by atoms with Gasteiger partial charge in [-0.05, 0) is 13.3 Å². The molecule has 0 fully saturated rings. The van der Waals surface area contributed by atoms with E-state index in [9.17, 15) is 9.59 Å². The van der Waals surface area contributed by atoms with Crippen LogP contribution >= 0.6 is 0 Å². The Kier molecular flexibility index (Phi) is 5.84. The molecule has 19 heavy (non-hydrogen) atoms. The molecule has 0 aliphatic rings. The largest absolute Gasteiger partial charge is 0.464 e. The van der Waals surface area contributed by atoms with Gasteiger partial charge in [0.25, 0.3) is 0 Å². The molecule has 0 unspecified atom stereocenters. The molecular weight excluding hydrogens is 250 g/mol. The van der Waals surface area contributed by atoms with E-state index in [-0.39, 0.29) is 24.5 Å². The molecule has 0 atom stereocenters. The standard InChI is InChI=1S/C12H19N3O4/c1-3-5-6-19-10(16)8-15-11(13)9(7-14-15)12(17)18-4-2/h7H,3-6,8,13H2,1-2H3. The lowest BCUT2D eigenvalue weighted by Crippen LogP contribution is -2.17. The predicted octanol–water partition coefficient (Wildman–Crippen LogP) is 0.985. The Morgan fingerprint density at radius 3 is 2.74 bits per heavy atom. The van der Waals surface area contributed by atoms with Gasteiger partial charge in [0.1, 0.15) is 17.9 Å². The molecule has 0 bridgehead atoms. The van der Waals surface area contributed by atoms with Crippen molar-refractivity contribution >= 4 is 17.8 Å². The fourth-order valence-electron chi connectivity index (χ4n) is 1.39. The number of nitrogens with two attached hydrogens (primary N) is 1. The second-order valence-electron chi connectivity index (χ2n) is 3.90. The first kappa shape index (κ1) is 15.0. The lowest BCUT2D eigenvalue weighted by Gasteiger charge is -2.06. The van der Waals surface area contributed by atoms with Gasteiger partial charge >= 0.3 is 11.9 Å². The summed E-state index contributed by atoms with van der Waals surface area (Å²) in [5, 5.41) is 3.88. The third kappa shape index (κ3) is 4.27. The van der Waals surface area contributed by atoms with E-state index in [2.05, 4.69) is 5.10 Å². The number of rotatable bonds is 7. The van der Waals surface area contributed by atoms with E-state index >= 15 is 0 Å². The highest BCUT2D eigenvalue weighted by Gasteiger charge is 2.17. The minimum Gasteiger partial charge on any atom is -0.464 e. The highest BCUT2D eigenvalue weighted by atomic mass is 16.5. The van der Waals surface area contributed by atoms with Gasteiger partial charge in [-0.15, -0.1) is 0 Å². The van der Waals surface area contributed by atoms with Crippen LogP contribution in [0.2, 0.25) is 0 Å². The summed E-state index contributed by atoms with van der Waals surface area (Å²) in [4.78, 5) is 23.0. The average Bonchev–Trinajstić information content (AvgIpc) is 2.72. The van der Waals surface area contributed by atoms with Gasteiger partial charge in [-0.1, -0.05) is 13.3 Å². The molecular formula is C12H19N3O4. The molecule has 1 aromatic rings. The van der Waals surface area contributed by atoms with Crippen molar-refractivity contribution < 1.29 is 19.1 Å². The molecule has 2 N–H and O–H groups in total. The molecule has 0 aliphatic carbocycles. The van der Waals surface area contributed by atoms with Gasteiger partial charge in [0.15, 0.2) is 0 Å². The van der Waals surface area contributed by atoms with E-state index in [1.807, 2.05) is 6.92 Å². The fraction of sp³-hybridized carbons (Fsp3) is 0.583. The van der Waals surface area contributed by atoms with Crippen LogP contribution in [0.4, 0.5) is 5.82 Å². The van der Waals surface area contributed by atoms with E-state index in [0.29, 0.717) is 6.61 Å². The van der Waals surface area contributed by atoms with Crippen molar-refractivity contribution in [3.8, 4) is 0 Å². The molecule has 7 nitrogen and oxygen atoms in total. The maximum atomic E-state index is 11.5. The van der Waals surface area contributed by atoms with Crippen molar-refractivity contribution in [2.24, 2.45) is 0 Å². The number of nitrogens with zero attached hydrogens (tertiary/aromatic N) is 2. The Hall–Kier alpha value is -2.05. The van der Waals surface area contributed by atoms with E-state index in [4.69, 9.17) is 15.2 Å². The van der Waals surface area contributed by atoms with Crippen LogP contribution in [0, 0.1) is 0 Å². The highest BCUT2D eigenvalue weighted by Crippen LogP contribution is 2.12. The number of nitrogen functional groups attached to an aromatic ring is 1. The summed E-state index contributed by atoms with van der Waals surface area (Å²) >= 11 is 0. The van der Waals surface area contributed by atoms with Gasteiger partial charge in [-0.25, -0.2) is 9.48 Å². The zero-order valence-electron chi connectivity index (χ0n) is 11.2. The van der Waals surface area contributed by atoms with Crippen LogP contribution in [0.3, 0.4) is 0 Å². The summed E-state index contributed by atoms with van der Waals surface area (Å²) in [5.41, 5.74) is 5.89. The number of hydrogen-bond donors (Lipinski definition) is 1. The van der Waals surface area contributed by atoms with Crippen molar-refractivity contribution in [3.05, 3.63) is 11.8 Å². The van der Waals surface area contributed by atoms with Gasteiger partial charge in [0, 0.05) is 0 Å². The second kappa shape index (κ2) is 7.40. The van der Waals surface area contributed by atoms with Crippen LogP contribution in [-0.4, -0.2) is 34.9 Å². The van der Waals surface area contributed by atoms with Crippen molar-refractivity contribution in [1.29, 1.82) is 0 Å². The Labute approximate surface area is 111 Å². The first-order valence-corrected chi connectivity index (χ1v) is 6.24. The zero-order chi connectivity index (χ0) is 14.3. The van der Waals surface area contributed by atoms with Crippen LogP contribution in [0.5, 0.6) is 0 Å². The van der Waals surface area contributed by atoms with E-state index < -0.39 is 11.9 Å². The minimum absolute atomic E-state index is 0.103. The van der Waals surface area contributed by atoms with Gasteiger partial charge in [0.2, 0.25) is 0 Å². The van der Waals surface area contributed by atoms with Crippen molar-refractivity contribution in [2.45, 2.75) is 33.2 Å². The summed E-state index contributed by atoms with van der Waals surface area (Å²) in [6, 6.07) is 0. The summed E-state index contributed by atoms with van der Waals surface area (Å²) in [6.45, 7) is 4.22. The molecule has 106 valence electrons. The number of ether oxygens (including phenoxy) is 2. The Balaban J connectivity index is 2.60. The minimum atomic E-state index is -0.550. The maximum Gasteiger partial charge on any atom is 0.343 e. The normalized spacial score (nSPS) is 10.2. The monoisotopic (exact) mass is 269 g/mol. The number of hydrogen-bond acceptors (Lipinski definition) is 6. The quantitative estimate of drug-likeness (QED) is 0.585. The summed E-state index contributed by atoms with van der Waals surface area (Å²) in [6.07, 6.45) is 3.05. The molecule has 0 aliphatic heterocycles. The third-order valence-electron chi connectivity index (χ3n) is 2.42. The number of anilines is 1. The summed E-state index contributed by atoms with van der Waals surface area (Å²) < 4.78 is 11.0. The lowest BCUT2D eigenvalue weighted by molar-refractivity contribution is -0.144. The van der Waals surface area contributed by atoms with E-state index in [0.717, 1.165) is 12.8 Å². The first-order chi connectivity index (χ1) is 9.10. The predicted molar refractivity (Wildman–Crippen MR) is 68.5 cm³/mol. The fourth-order valence-corrected chi connectivity index (χ4v) is 1.39. The molecule has 0 saturated heterocycles. The van der Waals surface area contributed by atoms with Crippen molar-refractivity contribution in [3.63, 3.8) is 0 Å². The summed E-state index contributed by atoms with van der Waals surface area (Å²) in [7, 11) is 0. The topological polar surface area (TPSA) is 96.4 Å². The molecule has 1 aromatic heterocycles. The number of esters is 2. The van der Waals surface area contributed by atoms with Gasteiger partial charge in [-0.3, -0.25) is 4.79 Å². The van der Waals surface area contributed by atoms with Crippen LogP contribution in [0.1, 0.15) is 37.0 Å². The van der Waals surface area contributed by atoms with Gasteiger partial charge in [-0.2, -0.15) is 5.10 Å². The number of aromatic nitrogens is 2. The van der Waals surface area contributed by atoms with E-state index in [1.165, 1.54) is 10.9 Å². The summed E-state index contributed by atoms with van der Waals surface area (Å²) in [5.74, 6) is -0.879. The lowest BCUT2D eigenvalue weighted by atomic mass is 10.3. The highest BCUT2D eigenvalue weighted by molar-refractivity contribution is 5.94. The molecule has 7 heteroatoms. The Morgan fingerprint density at radius 1 is 1.37 bits per heavy atom. The van der Waals surface area contributed by atoms with Crippen LogP contribution in [-0.2, 0) is 20.8 Å². The van der Waals surface area contributed by atoms with Gasteiger partial charge < -0.3 is 15.2 Å². The Bertz CT molecular complexity index is 442. The molecule has 1 heterocycles. The van der Waals surface area contributed by atoms with Gasteiger partial charge in [0.05, 0.1) is 19.4 Å². The maximum absolute atomic E-state index is 11.5. The SMILES string of the molecule is CCCCOC(=O)Cn1ncc(C(=O)OCC)c1N. The number of carbonyl (C=O) groups is 2. The number of unbranched alkanes of at least 4 members (excludes halogenated alkanes) is 1. The average molecular weight is 269 g/mol. The molecule has 0 saturated carbocycles. The van der Waals surface area contributed by atoms with Crippen LogP contribution in [0.25, 0.3) is 0 Å². The van der Waals surface area contributed by atoms with Crippen molar-refractivity contribution in [1.82, 2.24) is 9.78 Å². The molecule has 1 rings (SSSR count).